The quantitative estimate of drug-likeness (QED) is 0.762. The molecule has 1 heterocycles. The second-order valence-electron chi connectivity index (χ2n) is 5.72. The molecule has 2 amide bonds. The van der Waals surface area contributed by atoms with Crippen LogP contribution in [0.3, 0.4) is 0 Å². The first kappa shape index (κ1) is 22.1. The molecule has 0 aromatic heterocycles. The minimum absolute atomic E-state index is 0. The van der Waals surface area contributed by atoms with Gasteiger partial charge in [0.05, 0.1) is 10.6 Å². The summed E-state index contributed by atoms with van der Waals surface area (Å²) in [6.45, 7) is 3.12. The van der Waals surface area contributed by atoms with Crippen molar-refractivity contribution < 1.29 is 9.59 Å². The maximum atomic E-state index is 12.8. The van der Waals surface area contributed by atoms with Crippen LogP contribution in [0, 0.1) is 0 Å². The maximum Gasteiger partial charge on any atom is 0.253 e. The van der Waals surface area contributed by atoms with Crippen molar-refractivity contribution in [3.63, 3.8) is 0 Å². The van der Waals surface area contributed by atoms with Gasteiger partial charge in [-0.3, -0.25) is 9.59 Å². The van der Waals surface area contributed by atoms with Crippen LogP contribution >= 0.6 is 35.8 Å². The molecule has 1 fully saturated rings. The van der Waals surface area contributed by atoms with Gasteiger partial charge in [-0.05, 0) is 43.5 Å². The minimum Gasteiger partial charge on any atom is -0.340 e. The summed E-state index contributed by atoms with van der Waals surface area (Å²) in [5.74, 6) is 0.506. The lowest BCUT2D eigenvalue weighted by molar-refractivity contribution is -0.133. The average molecular weight is 406 g/mol. The number of hydrogen-bond donors (Lipinski definition) is 2. The first-order valence-electron chi connectivity index (χ1n) is 8.17. The highest BCUT2D eigenvalue weighted by atomic mass is 35.5. The third-order valence-electron chi connectivity index (χ3n) is 3.98. The number of nitrogens with one attached hydrogen (secondary N) is 2. The van der Waals surface area contributed by atoms with E-state index < -0.39 is 6.04 Å². The van der Waals surface area contributed by atoms with Gasteiger partial charge in [-0.15, -0.1) is 12.4 Å². The molecule has 1 aromatic rings. The van der Waals surface area contributed by atoms with Crippen molar-refractivity contribution in [1.82, 2.24) is 15.5 Å². The van der Waals surface area contributed by atoms with Crippen LogP contribution in [0.1, 0.15) is 23.2 Å². The second kappa shape index (κ2) is 11.6. The normalized spacial score (nSPS) is 15.7. The average Bonchev–Trinajstić information content (AvgIpc) is 2.87. The summed E-state index contributed by atoms with van der Waals surface area (Å²) in [7, 11) is 0. The molecule has 0 bridgehead atoms. The van der Waals surface area contributed by atoms with E-state index in [9.17, 15) is 9.59 Å². The van der Waals surface area contributed by atoms with Gasteiger partial charge in [-0.2, -0.15) is 11.8 Å². The van der Waals surface area contributed by atoms with E-state index in [1.165, 1.54) is 0 Å². The number of hydrogen-bond acceptors (Lipinski definition) is 4. The van der Waals surface area contributed by atoms with Gasteiger partial charge in [0.1, 0.15) is 6.04 Å². The zero-order chi connectivity index (χ0) is 17.4. The smallest absolute Gasteiger partial charge is 0.253 e. The summed E-state index contributed by atoms with van der Waals surface area (Å²) in [5, 5.41) is 6.56. The second-order valence-corrected chi connectivity index (χ2v) is 7.11. The van der Waals surface area contributed by atoms with Crippen molar-refractivity contribution in [1.29, 1.82) is 0 Å². The third-order valence-corrected chi connectivity index (χ3v) is 4.96. The molecule has 0 saturated carbocycles. The Morgan fingerprint density at radius 1 is 1.32 bits per heavy atom. The molecule has 1 aliphatic rings. The fourth-order valence-corrected chi connectivity index (χ4v) is 3.35. The van der Waals surface area contributed by atoms with E-state index in [1.54, 1.807) is 36.0 Å². The van der Waals surface area contributed by atoms with Gasteiger partial charge in [0.25, 0.3) is 5.91 Å². The zero-order valence-electron chi connectivity index (χ0n) is 14.3. The molecular weight excluding hydrogens is 381 g/mol. The van der Waals surface area contributed by atoms with E-state index >= 15 is 0 Å². The number of thioether (sulfide) groups is 1. The summed E-state index contributed by atoms with van der Waals surface area (Å²) in [6, 6.07) is 6.37. The van der Waals surface area contributed by atoms with Crippen molar-refractivity contribution in [2.24, 2.45) is 0 Å². The summed E-state index contributed by atoms with van der Waals surface area (Å²) in [4.78, 5) is 27.2. The fraction of sp³-hybridized carbons (Fsp3) is 0.529. The highest BCUT2D eigenvalue weighted by Gasteiger charge is 2.26. The number of amides is 2. The Kier molecular flexibility index (Phi) is 10.3. The van der Waals surface area contributed by atoms with Crippen LogP contribution in [0.4, 0.5) is 0 Å². The van der Waals surface area contributed by atoms with E-state index in [1.807, 2.05) is 11.2 Å². The lowest BCUT2D eigenvalue weighted by Crippen LogP contribution is -2.49. The standard InChI is InChI=1S/C17H24ClN3O2S.ClH/c1-24-12-7-15(17(23)21-10-4-8-19-9-11-21)20-16(22)13-5-2-3-6-14(13)18;/h2-3,5-6,15,19H,4,7-12H2,1H3,(H,20,22);1H. The maximum absolute atomic E-state index is 12.8. The predicted molar refractivity (Wildman–Crippen MR) is 107 cm³/mol. The van der Waals surface area contributed by atoms with Crippen molar-refractivity contribution in [3.05, 3.63) is 34.9 Å². The van der Waals surface area contributed by atoms with Crippen LogP contribution in [-0.2, 0) is 4.79 Å². The first-order valence-corrected chi connectivity index (χ1v) is 9.94. The molecule has 0 aliphatic carbocycles. The fourth-order valence-electron chi connectivity index (χ4n) is 2.66. The largest absolute Gasteiger partial charge is 0.340 e. The van der Waals surface area contributed by atoms with Gasteiger partial charge in [0.15, 0.2) is 0 Å². The molecule has 25 heavy (non-hydrogen) atoms. The molecule has 1 unspecified atom stereocenters. The van der Waals surface area contributed by atoms with Crippen LogP contribution in [0.15, 0.2) is 24.3 Å². The van der Waals surface area contributed by atoms with Crippen LogP contribution in [0.25, 0.3) is 0 Å². The van der Waals surface area contributed by atoms with Crippen LogP contribution in [0.2, 0.25) is 5.02 Å². The summed E-state index contributed by atoms with van der Waals surface area (Å²) < 4.78 is 0. The van der Waals surface area contributed by atoms with E-state index in [0.29, 0.717) is 23.6 Å². The van der Waals surface area contributed by atoms with E-state index in [2.05, 4.69) is 10.6 Å². The first-order chi connectivity index (χ1) is 11.6. The Balaban J connectivity index is 0.00000312. The number of carbonyl (C=O) groups excluding carboxylic acids is 2. The number of carbonyl (C=O) groups is 2. The molecule has 2 N–H and O–H groups in total. The molecule has 1 aromatic carbocycles. The minimum atomic E-state index is -0.515. The highest BCUT2D eigenvalue weighted by Crippen LogP contribution is 2.15. The number of halogens is 2. The molecule has 1 saturated heterocycles. The Bertz CT molecular complexity index is 567. The number of benzene rings is 1. The van der Waals surface area contributed by atoms with Gasteiger partial charge in [0, 0.05) is 19.6 Å². The SMILES string of the molecule is CSCCC(NC(=O)c1ccccc1Cl)C(=O)N1CCCNCC1.Cl. The Labute approximate surface area is 164 Å². The highest BCUT2D eigenvalue weighted by molar-refractivity contribution is 7.98. The Hall–Kier alpha value is -0.950. The molecule has 0 radical (unpaired) electrons. The topological polar surface area (TPSA) is 61.4 Å². The van der Waals surface area contributed by atoms with Crippen LogP contribution in [-0.4, -0.2) is 60.9 Å². The van der Waals surface area contributed by atoms with Crippen molar-refractivity contribution in [3.8, 4) is 0 Å². The molecule has 5 nitrogen and oxygen atoms in total. The van der Waals surface area contributed by atoms with Gasteiger partial charge in [-0.1, -0.05) is 23.7 Å². The van der Waals surface area contributed by atoms with Crippen LogP contribution in [0.5, 0.6) is 0 Å². The monoisotopic (exact) mass is 405 g/mol. The summed E-state index contributed by atoms with van der Waals surface area (Å²) >= 11 is 7.75. The van der Waals surface area contributed by atoms with Crippen LogP contribution < -0.4 is 10.6 Å². The summed E-state index contributed by atoms with van der Waals surface area (Å²) in [6.07, 6.45) is 3.53. The van der Waals surface area contributed by atoms with Gasteiger partial charge >= 0.3 is 0 Å². The van der Waals surface area contributed by atoms with E-state index in [-0.39, 0.29) is 24.2 Å². The number of rotatable bonds is 6. The van der Waals surface area contributed by atoms with Gasteiger partial charge < -0.3 is 15.5 Å². The lowest BCUT2D eigenvalue weighted by Gasteiger charge is -2.26. The van der Waals surface area contributed by atoms with E-state index in [4.69, 9.17) is 11.6 Å². The Morgan fingerprint density at radius 3 is 2.80 bits per heavy atom. The molecule has 0 spiro atoms. The summed E-state index contributed by atoms with van der Waals surface area (Å²) in [5.41, 5.74) is 0.402. The predicted octanol–water partition coefficient (Wildman–Crippen LogP) is 2.44. The lowest BCUT2D eigenvalue weighted by atomic mass is 10.1. The molecular formula is C17H25Cl2N3O2S. The molecule has 1 atom stereocenters. The number of nitrogens with zero attached hydrogens (tertiary/aromatic N) is 1. The molecule has 8 heteroatoms. The van der Waals surface area contributed by atoms with Crippen molar-refractivity contribution in [2.45, 2.75) is 18.9 Å². The third kappa shape index (κ3) is 6.70. The van der Waals surface area contributed by atoms with E-state index in [0.717, 1.165) is 31.8 Å². The van der Waals surface area contributed by atoms with Gasteiger partial charge in [-0.25, -0.2) is 0 Å². The van der Waals surface area contributed by atoms with Crippen molar-refractivity contribution >= 4 is 47.6 Å². The Morgan fingerprint density at radius 2 is 2.08 bits per heavy atom. The van der Waals surface area contributed by atoms with Crippen molar-refractivity contribution in [2.75, 3.05) is 38.2 Å². The zero-order valence-corrected chi connectivity index (χ0v) is 16.7. The molecule has 2 rings (SSSR count). The van der Waals surface area contributed by atoms with Gasteiger partial charge in [0.2, 0.25) is 5.91 Å². The molecule has 1 aliphatic heterocycles. The molecule has 140 valence electrons.